The van der Waals surface area contributed by atoms with E-state index in [-0.39, 0.29) is 0 Å². The second kappa shape index (κ2) is 6.19. The van der Waals surface area contributed by atoms with Crippen LogP contribution in [0.1, 0.15) is 36.5 Å². The predicted molar refractivity (Wildman–Crippen MR) is 85.5 cm³/mol. The number of aryl methyl sites for hydroxylation is 1. The van der Waals surface area contributed by atoms with Gasteiger partial charge in [-0.2, -0.15) is 0 Å². The van der Waals surface area contributed by atoms with Crippen LogP contribution >= 0.6 is 11.6 Å². The van der Waals surface area contributed by atoms with Gasteiger partial charge in [0.2, 0.25) is 0 Å². The summed E-state index contributed by atoms with van der Waals surface area (Å²) in [5.41, 5.74) is 9.93. The highest BCUT2D eigenvalue weighted by Gasteiger charge is 2.11. The van der Waals surface area contributed by atoms with Gasteiger partial charge in [-0.25, -0.2) is 0 Å². The molecule has 0 aliphatic heterocycles. The van der Waals surface area contributed by atoms with E-state index < -0.39 is 0 Å². The van der Waals surface area contributed by atoms with Gasteiger partial charge in [-0.05, 0) is 42.2 Å². The van der Waals surface area contributed by atoms with Gasteiger partial charge < -0.3 is 10.5 Å². The van der Waals surface area contributed by atoms with Gasteiger partial charge in [0.25, 0.3) is 0 Å². The van der Waals surface area contributed by atoms with Crippen molar-refractivity contribution in [2.24, 2.45) is 0 Å². The van der Waals surface area contributed by atoms with E-state index in [0.29, 0.717) is 12.5 Å². The summed E-state index contributed by atoms with van der Waals surface area (Å²) in [5, 5.41) is 0.728. The van der Waals surface area contributed by atoms with Crippen molar-refractivity contribution in [3.8, 4) is 5.75 Å². The number of benzene rings is 2. The Morgan fingerprint density at radius 2 is 1.90 bits per heavy atom. The van der Waals surface area contributed by atoms with Gasteiger partial charge in [0.15, 0.2) is 0 Å². The lowest BCUT2D eigenvalue weighted by Crippen LogP contribution is -2.02. The highest BCUT2D eigenvalue weighted by Crippen LogP contribution is 2.31. The Labute approximate surface area is 125 Å². The van der Waals surface area contributed by atoms with Crippen LogP contribution in [0.4, 0.5) is 5.69 Å². The van der Waals surface area contributed by atoms with Gasteiger partial charge >= 0.3 is 0 Å². The monoisotopic (exact) mass is 289 g/mol. The molecule has 2 aromatic carbocycles. The average molecular weight is 290 g/mol. The van der Waals surface area contributed by atoms with Gasteiger partial charge in [-0.1, -0.05) is 43.6 Å². The van der Waals surface area contributed by atoms with Crippen LogP contribution < -0.4 is 10.5 Å². The minimum Gasteiger partial charge on any atom is -0.489 e. The molecule has 2 N–H and O–H groups in total. The van der Waals surface area contributed by atoms with Gasteiger partial charge in [0.05, 0.1) is 0 Å². The number of hydrogen-bond donors (Lipinski definition) is 1. The van der Waals surface area contributed by atoms with E-state index >= 15 is 0 Å². The van der Waals surface area contributed by atoms with Gasteiger partial charge in [0.1, 0.15) is 12.4 Å². The molecule has 0 aliphatic carbocycles. The largest absolute Gasteiger partial charge is 0.489 e. The minimum atomic E-state index is 0.360. The second-order valence-corrected chi connectivity index (χ2v) is 5.69. The molecule has 3 heteroatoms. The summed E-state index contributed by atoms with van der Waals surface area (Å²) in [6, 6.07) is 11.7. The molecule has 0 bridgehead atoms. The quantitative estimate of drug-likeness (QED) is 0.810. The maximum Gasteiger partial charge on any atom is 0.123 e. The maximum atomic E-state index is 6.15. The fourth-order valence-corrected chi connectivity index (χ4v) is 2.25. The molecule has 0 saturated carbocycles. The molecule has 0 spiro atoms. The summed E-state index contributed by atoms with van der Waals surface area (Å²) in [7, 11) is 0. The smallest absolute Gasteiger partial charge is 0.123 e. The SMILES string of the molecule is Cc1cc(OCc2ccccc2Cl)c(C(C)C)cc1N. The number of rotatable bonds is 4. The zero-order valence-corrected chi connectivity index (χ0v) is 12.9. The van der Waals surface area contributed by atoms with Crippen LogP contribution in [0.5, 0.6) is 5.75 Å². The lowest BCUT2D eigenvalue weighted by Gasteiger charge is -2.16. The summed E-state index contributed by atoms with van der Waals surface area (Å²) >= 11 is 6.15. The van der Waals surface area contributed by atoms with E-state index in [1.807, 2.05) is 43.3 Å². The Balaban J connectivity index is 2.25. The van der Waals surface area contributed by atoms with Crippen molar-refractivity contribution in [1.29, 1.82) is 0 Å². The molecule has 0 saturated heterocycles. The first kappa shape index (κ1) is 14.7. The second-order valence-electron chi connectivity index (χ2n) is 5.28. The van der Waals surface area contributed by atoms with Crippen molar-refractivity contribution < 1.29 is 4.74 Å². The van der Waals surface area contributed by atoms with E-state index in [9.17, 15) is 0 Å². The third kappa shape index (κ3) is 3.26. The van der Waals surface area contributed by atoms with Crippen LogP contribution in [0.25, 0.3) is 0 Å². The third-order valence-corrected chi connectivity index (χ3v) is 3.73. The normalized spacial score (nSPS) is 10.8. The van der Waals surface area contributed by atoms with Crippen molar-refractivity contribution in [2.75, 3.05) is 5.73 Å². The van der Waals surface area contributed by atoms with E-state index in [1.54, 1.807) is 0 Å². The van der Waals surface area contributed by atoms with Gasteiger partial charge in [0, 0.05) is 16.3 Å². The minimum absolute atomic E-state index is 0.360. The lowest BCUT2D eigenvalue weighted by molar-refractivity contribution is 0.302. The molecule has 0 amide bonds. The predicted octanol–water partition coefficient (Wildman–Crippen LogP) is 4.93. The maximum absolute atomic E-state index is 6.15. The van der Waals surface area contributed by atoms with Gasteiger partial charge in [-0.3, -0.25) is 0 Å². The number of hydrogen-bond acceptors (Lipinski definition) is 2. The molecule has 0 atom stereocenters. The number of nitrogen functional groups attached to an aromatic ring is 1. The molecule has 0 unspecified atom stereocenters. The zero-order chi connectivity index (χ0) is 14.7. The molecule has 106 valence electrons. The first-order chi connectivity index (χ1) is 9.49. The first-order valence-corrected chi connectivity index (χ1v) is 7.13. The highest BCUT2D eigenvalue weighted by molar-refractivity contribution is 6.31. The van der Waals surface area contributed by atoms with Crippen molar-refractivity contribution in [1.82, 2.24) is 0 Å². The van der Waals surface area contributed by atoms with Gasteiger partial charge in [-0.15, -0.1) is 0 Å². The standard InChI is InChI=1S/C17H20ClNO/c1-11(2)14-9-16(19)12(3)8-17(14)20-10-13-6-4-5-7-15(13)18/h4-9,11H,10,19H2,1-3H3. The zero-order valence-electron chi connectivity index (χ0n) is 12.1. The summed E-state index contributed by atoms with van der Waals surface area (Å²) in [6.07, 6.45) is 0. The van der Waals surface area contributed by atoms with E-state index in [0.717, 1.165) is 33.1 Å². The molecule has 0 fully saturated rings. The first-order valence-electron chi connectivity index (χ1n) is 6.75. The fourth-order valence-electron chi connectivity index (χ4n) is 2.06. The summed E-state index contributed by atoms with van der Waals surface area (Å²) in [6.45, 7) is 6.71. The number of halogens is 1. The molecule has 0 heterocycles. The van der Waals surface area contributed by atoms with Crippen LogP contribution in [0.15, 0.2) is 36.4 Å². The number of ether oxygens (including phenoxy) is 1. The van der Waals surface area contributed by atoms with Crippen LogP contribution in [-0.2, 0) is 6.61 Å². The molecular formula is C17H20ClNO. The Morgan fingerprint density at radius 1 is 1.20 bits per heavy atom. The molecule has 2 aromatic rings. The number of nitrogens with two attached hydrogens (primary N) is 1. The molecule has 2 nitrogen and oxygen atoms in total. The molecular weight excluding hydrogens is 270 g/mol. The molecule has 20 heavy (non-hydrogen) atoms. The third-order valence-electron chi connectivity index (χ3n) is 3.36. The topological polar surface area (TPSA) is 35.2 Å². The van der Waals surface area contributed by atoms with Crippen molar-refractivity contribution in [3.05, 3.63) is 58.1 Å². The summed E-state index contributed by atoms with van der Waals surface area (Å²) in [5.74, 6) is 1.24. The summed E-state index contributed by atoms with van der Waals surface area (Å²) < 4.78 is 5.96. The van der Waals surface area contributed by atoms with Crippen molar-refractivity contribution in [3.63, 3.8) is 0 Å². The van der Waals surface area contributed by atoms with Crippen LogP contribution in [0.2, 0.25) is 5.02 Å². The lowest BCUT2D eigenvalue weighted by atomic mass is 9.99. The van der Waals surface area contributed by atoms with Crippen molar-refractivity contribution >= 4 is 17.3 Å². The Morgan fingerprint density at radius 3 is 2.55 bits per heavy atom. The van der Waals surface area contributed by atoms with Crippen LogP contribution in [0, 0.1) is 6.92 Å². The molecule has 0 aromatic heterocycles. The fraction of sp³-hybridized carbons (Fsp3) is 0.294. The van der Waals surface area contributed by atoms with Crippen LogP contribution in [-0.4, -0.2) is 0 Å². The highest BCUT2D eigenvalue weighted by atomic mass is 35.5. The average Bonchev–Trinajstić information content (AvgIpc) is 2.41. The Hall–Kier alpha value is -1.67. The molecule has 2 rings (SSSR count). The number of anilines is 1. The molecule has 0 aliphatic rings. The molecule has 0 radical (unpaired) electrons. The van der Waals surface area contributed by atoms with E-state index in [2.05, 4.69) is 13.8 Å². The Kier molecular flexibility index (Phi) is 4.56. The Bertz CT molecular complexity index is 608. The van der Waals surface area contributed by atoms with E-state index in [4.69, 9.17) is 22.1 Å². The summed E-state index contributed by atoms with van der Waals surface area (Å²) in [4.78, 5) is 0. The van der Waals surface area contributed by atoms with E-state index in [1.165, 1.54) is 0 Å². The van der Waals surface area contributed by atoms with Crippen LogP contribution in [0.3, 0.4) is 0 Å². The van der Waals surface area contributed by atoms with Crippen molar-refractivity contribution in [2.45, 2.75) is 33.3 Å².